The number of hydrogen-bond donors (Lipinski definition) is 0. The van der Waals surface area contributed by atoms with Gasteiger partial charge in [0, 0.05) is 16.7 Å². The third kappa shape index (κ3) is 1.64. The largest absolute Gasteiger partial charge is 0.374 e. The Morgan fingerprint density at radius 2 is 2.25 bits per heavy atom. The van der Waals surface area contributed by atoms with E-state index in [0.717, 1.165) is 17.4 Å². The highest BCUT2D eigenvalue weighted by Gasteiger charge is 2.41. The molecule has 3 rings (SSSR count). The quantitative estimate of drug-likeness (QED) is 0.828. The first-order chi connectivity index (χ1) is 7.68. The molecule has 0 atom stereocenters. The van der Waals surface area contributed by atoms with E-state index in [4.69, 9.17) is 4.74 Å². The van der Waals surface area contributed by atoms with Gasteiger partial charge in [0.25, 0.3) is 0 Å². The number of anilines is 1. The first-order valence-electron chi connectivity index (χ1n) is 5.47. The van der Waals surface area contributed by atoms with Gasteiger partial charge >= 0.3 is 0 Å². The SMILES string of the molecule is FC1(CN2CCc3c(Br)cccc32)COC1. The van der Waals surface area contributed by atoms with Crippen molar-refractivity contribution in [1.82, 2.24) is 0 Å². The van der Waals surface area contributed by atoms with Crippen LogP contribution in [0.5, 0.6) is 0 Å². The maximum atomic E-state index is 14.0. The summed E-state index contributed by atoms with van der Waals surface area (Å²) < 4.78 is 20.1. The van der Waals surface area contributed by atoms with Crippen molar-refractivity contribution in [1.29, 1.82) is 0 Å². The van der Waals surface area contributed by atoms with Gasteiger partial charge in [-0.3, -0.25) is 0 Å². The lowest BCUT2D eigenvalue weighted by atomic mass is 10.0. The molecule has 4 heteroatoms. The summed E-state index contributed by atoms with van der Waals surface area (Å²) in [4.78, 5) is 2.13. The highest BCUT2D eigenvalue weighted by atomic mass is 79.9. The van der Waals surface area contributed by atoms with Crippen molar-refractivity contribution in [3.05, 3.63) is 28.2 Å². The van der Waals surface area contributed by atoms with E-state index in [1.54, 1.807) is 0 Å². The summed E-state index contributed by atoms with van der Waals surface area (Å²) in [6.07, 6.45) is 0.994. The molecule has 0 radical (unpaired) electrons. The lowest BCUT2D eigenvalue weighted by Gasteiger charge is -2.37. The molecule has 1 aromatic rings. The fourth-order valence-electron chi connectivity index (χ4n) is 2.38. The fraction of sp³-hybridized carbons (Fsp3) is 0.500. The van der Waals surface area contributed by atoms with Gasteiger partial charge in [-0.25, -0.2) is 4.39 Å². The minimum Gasteiger partial charge on any atom is -0.374 e. The van der Waals surface area contributed by atoms with E-state index < -0.39 is 5.67 Å². The van der Waals surface area contributed by atoms with Gasteiger partial charge in [-0.2, -0.15) is 0 Å². The van der Waals surface area contributed by atoms with E-state index in [2.05, 4.69) is 26.9 Å². The van der Waals surface area contributed by atoms with E-state index in [1.807, 2.05) is 12.1 Å². The van der Waals surface area contributed by atoms with Crippen LogP contribution < -0.4 is 4.90 Å². The van der Waals surface area contributed by atoms with Gasteiger partial charge in [0.1, 0.15) is 0 Å². The summed E-state index contributed by atoms with van der Waals surface area (Å²) in [5, 5.41) is 0. The van der Waals surface area contributed by atoms with Gasteiger partial charge in [0.15, 0.2) is 5.67 Å². The van der Waals surface area contributed by atoms with Crippen molar-refractivity contribution in [3.8, 4) is 0 Å². The number of rotatable bonds is 2. The predicted octanol–water partition coefficient (Wildman–Crippen LogP) is 2.55. The molecular formula is C12H13BrFNO. The van der Waals surface area contributed by atoms with E-state index in [1.165, 1.54) is 11.3 Å². The van der Waals surface area contributed by atoms with E-state index in [0.29, 0.717) is 6.54 Å². The molecule has 2 aliphatic heterocycles. The summed E-state index contributed by atoms with van der Waals surface area (Å²) in [7, 11) is 0. The van der Waals surface area contributed by atoms with Crippen LogP contribution in [0.2, 0.25) is 0 Å². The number of hydrogen-bond acceptors (Lipinski definition) is 2. The molecule has 0 aromatic heterocycles. The lowest BCUT2D eigenvalue weighted by molar-refractivity contribution is -0.123. The predicted molar refractivity (Wildman–Crippen MR) is 64.7 cm³/mol. The van der Waals surface area contributed by atoms with Crippen molar-refractivity contribution in [2.45, 2.75) is 12.1 Å². The highest BCUT2D eigenvalue weighted by molar-refractivity contribution is 9.10. The number of halogens is 2. The molecule has 0 spiro atoms. The third-order valence-electron chi connectivity index (χ3n) is 3.26. The summed E-state index contributed by atoms with van der Waals surface area (Å²) in [6.45, 7) is 1.85. The first-order valence-corrected chi connectivity index (χ1v) is 6.26. The Kier molecular flexibility index (Phi) is 2.44. The zero-order valence-electron chi connectivity index (χ0n) is 8.88. The van der Waals surface area contributed by atoms with Crippen LogP contribution in [0.4, 0.5) is 10.1 Å². The zero-order valence-corrected chi connectivity index (χ0v) is 10.5. The Morgan fingerprint density at radius 1 is 1.44 bits per heavy atom. The Labute approximate surface area is 103 Å². The molecule has 0 aliphatic carbocycles. The molecule has 0 amide bonds. The van der Waals surface area contributed by atoms with Crippen molar-refractivity contribution in [2.24, 2.45) is 0 Å². The van der Waals surface area contributed by atoms with E-state index in [9.17, 15) is 4.39 Å². The molecule has 0 unspecified atom stereocenters. The summed E-state index contributed by atoms with van der Waals surface area (Å²) >= 11 is 3.54. The number of alkyl halides is 1. The van der Waals surface area contributed by atoms with Crippen LogP contribution in [0.1, 0.15) is 5.56 Å². The number of benzene rings is 1. The number of ether oxygens (including phenoxy) is 1. The normalized spacial score (nSPS) is 21.8. The molecule has 16 heavy (non-hydrogen) atoms. The van der Waals surface area contributed by atoms with Crippen molar-refractivity contribution >= 4 is 21.6 Å². The minimum atomic E-state index is -1.13. The van der Waals surface area contributed by atoms with Crippen molar-refractivity contribution in [3.63, 3.8) is 0 Å². The topological polar surface area (TPSA) is 12.5 Å². The van der Waals surface area contributed by atoms with Crippen LogP contribution in [-0.2, 0) is 11.2 Å². The molecule has 0 bridgehead atoms. The average Bonchev–Trinajstić information content (AvgIpc) is 2.61. The molecule has 86 valence electrons. The molecule has 2 heterocycles. The average molecular weight is 286 g/mol. The Morgan fingerprint density at radius 3 is 2.94 bits per heavy atom. The van der Waals surface area contributed by atoms with Crippen LogP contribution in [0.25, 0.3) is 0 Å². The number of fused-ring (bicyclic) bond motifs is 1. The number of nitrogens with zero attached hydrogens (tertiary/aromatic N) is 1. The second kappa shape index (κ2) is 3.70. The van der Waals surface area contributed by atoms with Crippen LogP contribution in [0.3, 0.4) is 0 Å². The second-order valence-corrected chi connectivity index (χ2v) is 5.41. The Bertz CT molecular complexity index is 419. The van der Waals surface area contributed by atoms with Crippen LogP contribution >= 0.6 is 15.9 Å². The summed E-state index contributed by atoms with van der Waals surface area (Å²) in [6, 6.07) is 6.11. The maximum absolute atomic E-state index is 14.0. The van der Waals surface area contributed by atoms with Gasteiger partial charge < -0.3 is 9.64 Å². The molecule has 0 saturated carbocycles. The molecular weight excluding hydrogens is 273 g/mol. The van der Waals surface area contributed by atoms with Gasteiger partial charge in [-0.05, 0) is 24.1 Å². The fourth-order valence-corrected chi connectivity index (χ4v) is 2.93. The molecule has 2 nitrogen and oxygen atoms in total. The van der Waals surface area contributed by atoms with Gasteiger partial charge in [0.2, 0.25) is 0 Å². The summed E-state index contributed by atoms with van der Waals surface area (Å²) in [5.41, 5.74) is 1.33. The Balaban J connectivity index is 1.83. The molecule has 1 aromatic carbocycles. The second-order valence-electron chi connectivity index (χ2n) is 4.55. The maximum Gasteiger partial charge on any atom is 0.174 e. The van der Waals surface area contributed by atoms with Crippen LogP contribution in [-0.4, -0.2) is 32.0 Å². The van der Waals surface area contributed by atoms with Crippen molar-refractivity contribution in [2.75, 3.05) is 31.2 Å². The molecule has 2 aliphatic rings. The van der Waals surface area contributed by atoms with Crippen molar-refractivity contribution < 1.29 is 9.13 Å². The lowest BCUT2D eigenvalue weighted by Crippen LogP contribution is -2.53. The molecule has 0 N–H and O–H groups in total. The third-order valence-corrected chi connectivity index (χ3v) is 4.01. The molecule has 1 fully saturated rings. The van der Waals surface area contributed by atoms with Gasteiger partial charge in [0.05, 0.1) is 19.8 Å². The van der Waals surface area contributed by atoms with E-state index in [-0.39, 0.29) is 13.2 Å². The van der Waals surface area contributed by atoms with Crippen LogP contribution in [0, 0.1) is 0 Å². The Hall–Kier alpha value is -0.610. The first kappa shape index (κ1) is 10.5. The monoisotopic (exact) mass is 285 g/mol. The summed E-state index contributed by atoms with van der Waals surface area (Å²) in [5.74, 6) is 0. The zero-order chi connectivity index (χ0) is 11.2. The smallest absolute Gasteiger partial charge is 0.174 e. The van der Waals surface area contributed by atoms with Gasteiger partial charge in [-0.15, -0.1) is 0 Å². The van der Waals surface area contributed by atoms with E-state index >= 15 is 0 Å². The van der Waals surface area contributed by atoms with Crippen LogP contribution in [0.15, 0.2) is 22.7 Å². The standard InChI is InChI=1S/C12H13BrFNO/c13-10-2-1-3-11-9(10)4-5-15(11)6-12(14)7-16-8-12/h1-3H,4-8H2. The van der Waals surface area contributed by atoms with Gasteiger partial charge in [-0.1, -0.05) is 22.0 Å². The molecule has 1 saturated heterocycles. The highest BCUT2D eigenvalue weighted by Crippen LogP contribution is 2.35. The minimum absolute atomic E-state index is 0.243.